The van der Waals surface area contributed by atoms with Crippen LogP contribution in [0.3, 0.4) is 0 Å². The molecule has 0 spiro atoms. The van der Waals surface area contributed by atoms with Crippen LogP contribution in [-0.2, 0) is 0 Å². The molecule has 0 saturated carbocycles. The lowest BCUT2D eigenvalue weighted by Gasteiger charge is -2.10. The minimum absolute atomic E-state index is 0.126. The van der Waals surface area contributed by atoms with Crippen LogP contribution in [-0.4, -0.2) is 37.4 Å². The zero-order valence-electron chi connectivity index (χ0n) is 14.6. The average molecular weight is 418 g/mol. The molecule has 0 aliphatic heterocycles. The summed E-state index contributed by atoms with van der Waals surface area (Å²) < 4.78 is 20.5. The van der Waals surface area contributed by atoms with Crippen LogP contribution in [0, 0.1) is 5.82 Å². The second kappa shape index (κ2) is 10.0. The number of likely N-dealkylation sites (N-methyl/N-ethyl adjacent to an activating group) is 1. The highest BCUT2D eigenvalue weighted by Gasteiger charge is 2.12. The van der Waals surface area contributed by atoms with Gasteiger partial charge in [-0.05, 0) is 49.5 Å². The van der Waals surface area contributed by atoms with Crippen LogP contribution in [0.4, 0.5) is 4.39 Å². The minimum atomic E-state index is -0.551. The van der Waals surface area contributed by atoms with Crippen molar-refractivity contribution in [1.82, 2.24) is 4.90 Å². The van der Waals surface area contributed by atoms with Gasteiger partial charge in [0.05, 0.1) is 0 Å². The maximum absolute atomic E-state index is 14.2. The number of rotatable bonds is 9. The highest BCUT2D eigenvalue weighted by molar-refractivity contribution is 9.10. The molecule has 3 nitrogen and oxygen atoms in total. The van der Waals surface area contributed by atoms with Crippen molar-refractivity contribution in [1.29, 1.82) is 0 Å². The first-order chi connectivity index (χ1) is 12.5. The number of hydrogen-bond acceptors (Lipinski definition) is 3. The van der Waals surface area contributed by atoms with Gasteiger partial charge in [-0.3, -0.25) is 9.69 Å². The van der Waals surface area contributed by atoms with Gasteiger partial charge in [-0.15, -0.1) is 6.58 Å². The fourth-order valence-corrected chi connectivity index (χ4v) is 2.55. The van der Waals surface area contributed by atoms with E-state index in [1.807, 2.05) is 25.3 Å². The third-order valence-corrected chi connectivity index (χ3v) is 4.19. The van der Waals surface area contributed by atoms with Crippen LogP contribution in [0.15, 0.2) is 71.7 Å². The fraction of sp³-hybridized carbons (Fsp3) is 0.190. The zero-order valence-corrected chi connectivity index (χ0v) is 16.2. The summed E-state index contributed by atoms with van der Waals surface area (Å²) in [6.07, 6.45) is 5.61. The van der Waals surface area contributed by atoms with Crippen molar-refractivity contribution < 1.29 is 13.9 Å². The predicted octanol–water partition coefficient (Wildman–Crippen LogP) is 4.87. The molecule has 0 atom stereocenters. The largest absolute Gasteiger partial charge is 0.486 e. The van der Waals surface area contributed by atoms with Gasteiger partial charge in [0.15, 0.2) is 17.3 Å². The Morgan fingerprint density at radius 2 is 1.85 bits per heavy atom. The number of nitrogens with zero attached hydrogens (tertiary/aromatic N) is 1. The molecule has 0 fully saturated rings. The number of carbonyl (C=O) groups excluding carboxylic acids is 1. The van der Waals surface area contributed by atoms with E-state index in [2.05, 4.69) is 27.4 Å². The van der Waals surface area contributed by atoms with E-state index in [9.17, 15) is 9.18 Å². The van der Waals surface area contributed by atoms with Gasteiger partial charge in [0.25, 0.3) is 0 Å². The molecule has 0 aromatic heterocycles. The Kier molecular flexibility index (Phi) is 7.75. The summed E-state index contributed by atoms with van der Waals surface area (Å²) >= 11 is 3.32. The normalized spacial score (nSPS) is 11.1. The van der Waals surface area contributed by atoms with Crippen LogP contribution < -0.4 is 4.74 Å². The number of hydrogen-bond donors (Lipinski definition) is 0. The minimum Gasteiger partial charge on any atom is -0.486 e. The van der Waals surface area contributed by atoms with Crippen molar-refractivity contribution in [2.45, 2.75) is 0 Å². The molecule has 0 radical (unpaired) electrons. The summed E-state index contributed by atoms with van der Waals surface area (Å²) in [4.78, 5) is 14.5. The Hall–Kier alpha value is -2.24. The summed E-state index contributed by atoms with van der Waals surface area (Å²) in [6, 6.07) is 11.2. The quantitative estimate of drug-likeness (QED) is 0.430. The summed E-state index contributed by atoms with van der Waals surface area (Å²) in [7, 11) is 1.98. The van der Waals surface area contributed by atoms with E-state index in [0.29, 0.717) is 11.1 Å². The van der Waals surface area contributed by atoms with Crippen LogP contribution in [0.1, 0.15) is 15.9 Å². The van der Waals surface area contributed by atoms with E-state index in [1.54, 1.807) is 30.3 Å². The summed E-state index contributed by atoms with van der Waals surface area (Å²) in [6.45, 7) is 5.50. The summed E-state index contributed by atoms with van der Waals surface area (Å²) in [5.74, 6) is -0.653. The number of benzene rings is 2. The molecule has 136 valence electrons. The average Bonchev–Trinajstić information content (AvgIpc) is 2.63. The van der Waals surface area contributed by atoms with Gasteiger partial charge < -0.3 is 4.74 Å². The van der Waals surface area contributed by atoms with Crippen LogP contribution in [0.2, 0.25) is 0 Å². The Labute approximate surface area is 161 Å². The molecule has 26 heavy (non-hydrogen) atoms. The molecule has 2 rings (SSSR count). The third-order valence-electron chi connectivity index (χ3n) is 3.66. The monoisotopic (exact) mass is 417 g/mol. The zero-order chi connectivity index (χ0) is 18.9. The maximum atomic E-state index is 14.2. The van der Waals surface area contributed by atoms with Crippen molar-refractivity contribution in [2.24, 2.45) is 0 Å². The van der Waals surface area contributed by atoms with Gasteiger partial charge in [0.2, 0.25) is 0 Å². The van der Waals surface area contributed by atoms with Gasteiger partial charge in [-0.1, -0.05) is 34.2 Å². The Bertz CT molecular complexity index is 787. The molecule has 0 aliphatic carbocycles. The van der Waals surface area contributed by atoms with E-state index in [1.165, 1.54) is 12.1 Å². The van der Waals surface area contributed by atoms with Gasteiger partial charge in [-0.2, -0.15) is 0 Å². The lowest BCUT2D eigenvalue weighted by atomic mass is 10.0. The smallest absolute Gasteiger partial charge is 0.193 e. The second-order valence-electron chi connectivity index (χ2n) is 5.77. The van der Waals surface area contributed by atoms with Crippen molar-refractivity contribution in [3.8, 4) is 5.75 Å². The van der Waals surface area contributed by atoms with Crippen molar-refractivity contribution in [3.63, 3.8) is 0 Å². The SMILES string of the molecule is C=CCN(C)C/C=C/COc1ccc(C(=O)c2ccc(Br)cc2)cc1F. The first-order valence-corrected chi connectivity index (χ1v) is 8.97. The van der Waals surface area contributed by atoms with Crippen LogP contribution in [0.5, 0.6) is 5.75 Å². The number of carbonyl (C=O) groups is 1. The molecule has 0 amide bonds. The Balaban J connectivity index is 1.94. The molecular weight excluding hydrogens is 397 g/mol. The molecule has 0 unspecified atom stereocenters. The Morgan fingerprint density at radius 1 is 1.15 bits per heavy atom. The number of ketones is 1. The first kappa shape index (κ1) is 20.1. The van der Waals surface area contributed by atoms with E-state index in [4.69, 9.17) is 4.74 Å². The van der Waals surface area contributed by atoms with Crippen LogP contribution in [0.25, 0.3) is 0 Å². The van der Waals surface area contributed by atoms with Gasteiger partial charge in [-0.25, -0.2) is 4.39 Å². The summed E-state index contributed by atoms with van der Waals surface area (Å²) in [5, 5.41) is 0. The predicted molar refractivity (Wildman–Crippen MR) is 106 cm³/mol. The number of ether oxygens (including phenoxy) is 1. The molecule has 0 heterocycles. The highest BCUT2D eigenvalue weighted by Crippen LogP contribution is 2.21. The Morgan fingerprint density at radius 3 is 2.50 bits per heavy atom. The molecule has 5 heteroatoms. The topological polar surface area (TPSA) is 29.5 Å². The second-order valence-corrected chi connectivity index (χ2v) is 6.69. The van der Waals surface area contributed by atoms with E-state index in [-0.39, 0.29) is 18.1 Å². The van der Waals surface area contributed by atoms with E-state index >= 15 is 0 Å². The molecule has 0 N–H and O–H groups in total. The van der Waals surface area contributed by atoms with Crippen molar-refractivity contribution in [3.05, 3.63) is 88.7 Å². The van der Waals surface area contributed by atoms with Crippen LogP contribution >= 0.6 is 15.9 Å². The lowest BCUT2D eigenvalue weighted by Crippen LogP contribution is -2.17. The van der Waals surface area contributed by atoms with E-state index < -0.39 is 5.82 Å². The highest BCUT2D eigenvalue weighted by atomic mass is 79.9. The van der Waals surface area contributed by atoms with Crippen molar-refractivity contribution >= 4 is 21.7 Å². The molecular formula is C21H21BrFNO2. The molecule has 0 bridgehead atoms. The molecule has 2 aromatic carbocycles. The maximum Gasteiger partial charge on any atom is 0.193 e. The third kappa shape index (κ3) is 5.93. The summed E-state index contributed by atoms with van der Waals surface area (Å²) in [5.41, 5.74) is 0.798. The molecule has 0 aliphatic rings. The standard InChI is InChI=1S/C21H21BrFNO2/c1-3-12-24(2)13-4-5-14-26-20-11-8-17(15-19(20)23)21(25)16-6-9-18(22)10-7-16/h3-11,15H,1,12-14H2,2H3/b5-4+. The van der Waals surface area contributed by atoms with Gasteiger partial charge >= 0.3 is 0 Å². The fourth-order valence-electron chi connectivity index (χ4n) is 2.28. The molecule has 0 saturated heterocycles. The first-order valence-electron chi connectivity index (χ1n) is 8.18. The van der Waals surface area contributed by atoms with Crippen molar-refractivity contribution in [2.75, 3.05) is 26.7 Å². The van der Waals surface area contributed by atoms with Gasteiger partial charge in [0.1, 0.15) is 6.61 Å². The lowest BCUT2D eigenvalue weighted by molar-refractivity contribution is 0.103. The van der Waals surface area contributed by atoms with Gasteiger partial charge in [0, 0.05) is 28.7 Å². The number of halogens is 2. The van der Waals surface area contributed by atoms with E-state index in [0.717, 1.165) is 17.6 Å². The molecule has 2 aromatic rings.